The van der Waals surface area contributed by atoms with Gasteiger partial charge in [-0.1, -0.05) is 19.8 Å². The van der Waals surface area contributed by atoms with Gasteiger partial charge in [-0.05, 0) is 32.9 Å². The lowest BCUT2D eigenvalue weighted by molar-refractivity contribution is -0.144. The zero-order valence-electron chi connectivity index (χ0n) is 10.5. The van der Waals surface area contributed by atoms with E-state index in [4.69, 9.17) is 16.3 Å². The van der Waals surface area contributed by atoms with E-state index in [2.05, 4.69) is 11.8 Å². The molecule has 16 heavy (non-hydrogen) atoms. The summed E-state index contributed by atoms with van der Waals surface area (Å²) in [5.41, 5.74) is 0. The molecule has 0 spiro atoms. The minimum Gasteiger partial charge on any atom is -0.465 e. The van der Waals surface area contributed by atoms with Gasteiger partial charge in [0.25, 0.3) is 0 Å². The zero-order valence-corrected chi connectivity index (χ0v) is 11.3. The van der Waals surface area contributed by atoms with Crippen molar-refractivity contribution in [2.24, 2.45) is 0 Å². The van der Waals surface area contributed by atoms with E-state index in [1.54, 1.807) is 0 Å². The summed E-state index contributed by atoms with van der Waals surface area (Å²) in [6.07, 6.45) is 4.59. The summed E-state index contributed by atoms with van der Waals surface area (Å²) in [7, 11) is 0. The van der Waals surface area contributed by atoms with Crippen LogP contribution in [0, 0.1) is 0 Å². The second-order valence-corrected chi connectivity index (χ2v) is 4.15. The van der Waals surface area contributed by atoms with Gasteiger partial charge in [-0.25, -0.2) is 0 Å². The highest BCUT2D eigenvalue weighted by Crippen LogP contribution is 2.03. The molecular weight excluding hydrogens is 226 g/mol. The third-order valence-electron chi connectivity index (χ3n) is 2.46. The molecule has 0 bridgehead atoms. The molecule has 0 rings (SSSR count). The largest absolute Gasteiger partial charge is 0.465 e. The van der Waals surface area contributed by atoms with E-state index in [9.17, 15) is 4.79 Å². The number of hydrogen-bond donors (Lipinski definition) is 0. The summed E-state index contributed by atoms with van der Waals surface area (Å²) in [5, 5.41) is 0. The minimum absolute atomic E-state index is 0.120. The molecule has 4 heteroatoms. The first-order chi connectivity index (χ1) is 7.74. The van der Waals surface area contributed by atoms with Gasteiger partial charge in [0.2, 0.25) is 0 Å². The van der Waals surface area contributed by atoms with Crippen LogP contribution < -0.4 is 0 Å². The van der Waals surface area contributed by atoms with E-state index in [0.717, 1.165) is 31.8 Å². The molecule has 0 saturated heterocycles. The van der Waals surface area contributed by atoms with Crippen LogP contribution in [-0.2, 0) is 9.53 Å². The van der Waals surface area contributed by atoms with Crippen molar-refractivity contribution in [2.75, 3.05) is 32.1 Å². The van der Waals surface area contributed by atoms with Crippen LogP contribution in [0.5, 0.6) is 0 Å². The molecule has 0 aromatic heterocycles. The van der Waals surface area contributed by atoms with Gasteiger partial charge in [0.1, 0.15) is 0 Å². The van der Waals surface area contributed by atoms with Crippen molar-refractivity contribution in [1.29, 1.82) is 0 Å². The zero-order chi connectivity index (χ0) is 12.2. The number of esters is 1. The predicted molar refractivity (Wildman–Crippen MR) is 67.9 cm³/mol. The first kappa shape index (κ1) is 15.7. The molecule has 0 atom stereocenters. The Morgan fingerprint density at radius 1 is 1.19 bits per heavy atom. The lowest BCUT2D eigenvalue weighted by Gasteiger charge is -2.18. The van der Waals surface area contributed by atoms with Gasteiger partial charge >= 0.3 is 5.97 Å². The Morgan fingerprint density at radius 3 is 2.44 bits per heavy atom. The van der Waals surface area contributed by atoms with Crippen molar-refractivity contribution in [3.63, 3.8) is 0 Å². The van der Waals surface area contributed by atoms with Crippen LogP contribution in [0.1, 0.15) is 39.5 Å². The lowest BCUT2D eigenvalue weighted by Crippen LogP contribution is -2.31. The molecule has 0 N–H and O–H groups in total. The summed E-state index contributed by atoms with van der Waals surface area (Å²) < 4.78 is 4.92. The molecule has 0 heterocycles. The predicted octanol–water partition coefficient (Wildman–Crippen LogP) is 2.67. The van der Waals surface area contributed by atoms with Gasteiger partial charge in [-0.3, -0.25) is 9.69 Å². The van der Waals surface area contributed by atoms with Crippen molar-refractivity contribution in [1.82, 2.24) is 4.90 Å². The molecule has 0 saturated carbocycles. The smallest absolute Gasteiger partial charge is 0.320 e. The number of rotatable bonds is 10. The number of halogens is 1. The van der Waals surface area contributed by atoms with E-state index >= 15 is 0 Å². The van der Waals surface area contributed by atoms with Crippen LogP contribution in [0.25, 0.3) is 0 Å². The molecule has 0 aliphatic rings. The normalized spacial score (nSPS) is 10.8. The summed E-state index contributed by atoms with van der Waals surface area (Å²) in [6, 6.07) is 0. The fourth-order valence-electron chi connectivity index (χ4n) is 1.52. The Bertz CT molecular complexity index is 176. The van der Waals surface area contributed by atoms with E-state index in [1.165, 1.54) is 12.8 Å². The number of unbranched alkanes of at least 4 members (excludes halogenated alkanes) is 3. The first-order valence-electron chi connectivity index (χ1n) is 6.18. The maximum Gasteiger partial charge on any atom is 0.320 e. The Balaban J connectivity index is 3.54. The number of carbonyl (C=O) groups is 1. The molecule has 0 aromatic carbocycles. The van der Waals surface area contributed by atoms with Gasteiger partial charge in [0.15, 0.2) is 0 Å². The van der Waals surface area contributed by atoms with E-state index < -0.39 is 0 Å². The average Bonchev–Trinajstić information content (AvgIpc) is 2.27. The van der Waals surface area contributed by atoms with Gasteiger partial charge in [-0.2, -0.15) is 0 Å². The van der Waals surface area contributed by atoms with Crippen molar-refractivity contribution < 1.29 is 9.53 Å². The fraction of sp³-hybridized carbons (Fsp3) is 0.917. The summed E-state index contributed by atoms with van der Waals surface area (Å²) in [4.78, 5) is 13.4. The fourth-order valence-corrected chi connectivity index (χ4v) is 1.71. The van der Waals surface area contributed by atoms with Crippen LogP contribution in [0.2, 0.25) is 0 Å². The molecular formula is C12H24ClNO2. The minimum atomic E-state index is -0.120. The molecule has 0 aromatic rings. The van der Waals surface area contributed by atoms with Crippen LogP contribution in [0.4, 0.5) is 0 Å². The van der Waals surface area contributed by atoms with Crippen molar-refractivity contribution in [3.8, 4) is 0 Å². The molecule has 0 aliphatic heterocycles. The Labute approximate surface area is 104 Å². The number of likely N-dealkylation sites (N-methyl/N-ethyl adjacent to an activating group) is 1. The SMILES string of the molecule is CCOC(=O)CN(CC)CCCCCCCl. The molecule has 0 radical (unpaired) electrons. The quantitative estimate of drug-likeness (QED) is 0.339. The number of hydrogen-bond acceptors (Lipinski definition) is 3. The van der Waals surface area contributed by atoms with Gasteiger partial charge in [-0.15, -0.1) is 11.6 Å². The van der Waals surface area contributed by atoms with Crippen molar-refractivity contribution in [3.05, 3.63) is 0 Å². The van der Waals surface area contributed by atoms with E-state index in [-0.39, 0.29) is 5.97 Å². The highest BCUT2D eigenvalue weighted by Gasteiger charge is 2.08. The third kappa shape index (κ3) is 8.98. The van der Waals surface area contributed by atoms with Gasteiger partial charge < -0.3 is 4.74 Å². The second kappa shape index (κ2) is 11.2. The van der Waals surface area contributed by atoms with Crippen molar-refractivity contribution in [2.45, 2.75) is 39.5 Å². The van der Waals surface area contributed by atoms with E-state index in [1.807, 2.05) is 6.92 Å². The lowest BCUT2D eigenvalue weighted by atomic mass is 10.2. The molecule has 0 fully saturated rings. The monoisotopic (exact) mass is 249 g/mol. The number of ether oxygens (including phenoxy) is 1. The maximum absolute atomic E-state index is 11.3. The Kier molecular flexibility index (Phi) is 11.0. The van der Waals surface area contributed by atoms with Gasteiger partial charge in [0.05, 0.1) is 13.2 Å². The third-order valence-corrected chi connectivity index (χ3v) is 2.73. The topological polar surface area (TPSA) is 29.5 Å². The van der Waals surface area contributed by atoms with Crippen LogP contribution in [0.15, 0.2) is 0 Å². The summed E-state index contributed by atoms with van der Waals surface area (Å²) in [6.45, 7) is 6.65. The maximum atomic E-state index is 11.3. The summed E-state index contributed by atoms with van der Waals surface area (Å²) >= 11 is 5.60. The highest BCUT2D eigenvalue weighted by molar-refractivity contribution is 6.17. The average molecular weight is 250 g/mol. The highest BCUT2D eigenvalue weighted by atomic mass is 35.5. The molecule has 96 valence electrons. The van der Waals surface area contributed by atoms with Gasteiger partial charge in [0, 0.05) is 5.88 Å². The molecule has 0 aliphatic carbocycles. The van der Waals surface area contributed by atoms with Crippen LogP contribution >= 0.6 is 11.6 Å². The Hall–Kier alpha value is -0.280. The van der Waals surface area contributed by atoms with E-state index in [0.29, 0.717) is 13.2 Å². The number of alkyl halides is 1. The molecule has 0 amide bonds. The molecule has 3 nitrogen and oxygen atoms in total. The standard InChI is InChI=1S/C12H24ClNO2/c1-3-14(11-12(15)16-4-2)10-8-6-5-7-9-13/h3-11H2,1-2H3. The van der Waals surface area contributed by atoms with Crippen LogP contribution in [-0.4, -0.2) is 43.0 Å². The Morgan fingerprint density at radius 2 is 1.88 bits per heavy atom. The number of carbonyl (C=O) groups excluding carboxylic acids is 1. The van der Waals surface area contributed by atoms with Crippen LogP contribution in [0.3, 0.4) is 0 Å². The summed E-state index contributed by atoms with van der Waals surface area (Å²) in [5.74, 6) is 0.630. The van der Waals surface area contributed by atoms with Crippen molar-refractivity contribution >= 4 is 17.6 Å². The second-order valence-electron chi connectivity index (χ2n) is 3.78. The number of nitrogens with zero attached hydrogens (tertiary/aromatic N) is 1. The molecule has 0 unspecified atom stereocenters. The first-order valence-corrected chi connectivity index (χ1v) is 6.72.